The number of imide groups is 1. The van der Waals surface area contributed by atoms with E-state index in [0.717, 1.165) is 10.5 Å². The Hall–Kier alpha value is -3.04. The fourth-order valence-electron chi connectivity index (χ4n) is 4.18. The second kappa shape index (κ2) is 9.91. The molecule has 2 aromatic carbocycles. The molecule has 1 atom stereocenters. The van der Waals surface area contributed by atoms with E-state index in [1.54, 1.807) is 26.0 Å². The predicted octanol–water partition coefficient (Wildman–Crippen LogP) is 4.28. The Kier molecular flexibility index (Phi) is 7.52. The second-order valence-electron chi connectivity index (χ2n) is 9.71. The quantitative estimate of drug-likeness (QED) is 0.546. The molecule has 0 aliphatic carbocycles. The molecule has 1 N–H and O–H groups in total. The second-order valence-corrected chi connectivity index (χ2v) is 11.5. The van der Waals surface area contributed by atoms with Crippen LogP contribution in [-0.2, 0) is 24.4 Å². The van der Waals surface area contributed by atoms with Crippen LogP contribution in [0.4, 0.5) is 11.4 Å². The molecule has 9 heteroatoms. The van der Waals surface area contributed by atoms with Crippen LogP contribution in [-0.4, -0.2) is 42.0 Å². The van der Waals surface area contributed by atoms with Gasteiger partial charge in [-0.15, -0.1) is 0 Å². The molecule has 188 valence electrons. The lowest BCUT2D eigenvalue weighted by Crippen LogP contribution is -2.55. The monoisotopic (exact) mass is 499 g/mol. The number of anilines is 2. The van der Waals surface area contributed by atoms with Gasteiger partial charge in [-0.05, 0) is 68.1 Å². The first-order chi connectivity index (χ1) is 16.3. The summed E-state index contributed by atoms with van der Waals surface area (Å²) in [6.07, 6.45) is 0.189. The van der Waals surface area contributed by atoms with E-state index in [9.17, 15) is 22.8 Å². The number of hydrogen-bond acceptors (Lipinski definition) is 5. The van der Waals surface area contributed by atoms with Gasteiger partial charge in [-0.2, -0.15) is 4.31 Å². The number of rotatable bonds is 8. The highest BCUT2D eigenvalue weighted by atomic mass is 32.2. The van der Waals surface area contributed by atoms with Crippen molar-refractivity contribution < 1.29 is 22.8 Å². The van der Waals surface area contributed by atoms with Gasteiger partial charge in [0.25, 0.3) is 5.91 Å². The Bertz CT molecular complexity index is 1220. The van der Waals surface area contributed by atoms with Crippen molar-refractivity contribution in [2.75, 3.05) is 10.2 Å². The first-order valence-electron chi connectivity index (χ1n) is 11.7. The summed E-state index contributed by atoms with van der Waals surface area (Å²) in [5.74, 6) is -0.978. The third-order valence-corrected chi connectivity index (χ3v) is 8.55. The van der Waals surface area contributed by atoms with Crippen molar-refractivity contribution in [3.8, 4) is 0 Å². The molecule has 0 bridgehead atoms. The molecule has 0 spiro atoms. The fourth-order valence-corrected chi connectivity index (χ4v) is 6.16. The molecule has 1 saturated heterocycles. The van der Waals surface area contributed by atoms with E-state index in [-0.39, 0.29) is 17.2 Å². The van der Waals surface area contributed by atoms with Crippen molar-refractivity contribution in [1.29, 1.82) is 0 Å². The van der Waals surface area contributed by atoms with Crippen molar-refractivity contribution in [1.82, 2.24) is 4.31 Å². The maximum atomic E-state index is 13.8. The summed E-state index contributed by atoms with van der Waals surface area (Å²) in [4.78, 5) is 38.9. The number of nitrogens with one attached hydrogen (secondary N) is 1. The van der Waals surface area contributed by atoms with Crippen molar-refractivity contribution in [3.05, 3.63) is 54.1 Å². The molecule has 3 amide bonds. The van der Waals surface area contributed by atoms with E-state index >= 15 is 0 Å². The highest BCUT2D eigenvalue weighted by Crippen LogP contribution is 2.36. The summed E-state index contributed by atoms with van der Waals surface area (Å²) in [6, 6.07) is 11.8. The van der Waals surface area contributed by atoms with Crippen LogP contribution in [0.5, 0.6) is 0 Å². The summed E-state index contributed by atoms with van der Waals surface area (Å²) < 4.78 is 28.8. The minimum Gasteiger partial charge on any atom is -0.326 e. The van der Waals surface area contributed by atoms with Gasteiger partial charge in [0, 0.05) is 18.2 Å². The van der Waals surface area contributed by atoms with Crippen molar-refractivity contribution in [2.45, 2.75) is 76.8 Å². The SMILES string of the molecule is CCC(C)(C)N(C1CC(=O)N(c2ccc(C(C)C)cc2)C1=O)S(=O)(=O)c1ccc(NC(C)=O)cc1. The van der Waals surface area contributed by atoms with Crippen LogP contribution in [0, 0.1) is 0 Å². The number of hydrogen-bond donors (Lipinski definition) is 1. The van der Waals surface area contributed by atoms with E-state index < -0.39 is 33.4 Å². The lowest BCUT2D eigenvalue weighted by atomic mass is 10.00. The van der Waals surface area contributed by atoms with Gasteiger partial charge in [-0.3, -0.25) is 14.4 Å². The van der Waals surface area contributed by atoms with Crippen LogP contribution in [0.25, 0.3) is 0 Å². The van der Waals surface area contributed by atoms with E-state index in [1.807, 2.05) is 19.1 Å². The summed E-state index contributed by atoms with van der Waals surface area (Å²) in [6.45, 7) is 10.8. The van der Waals surface area contributed by atoms with Gasteiger partial charge in [-0.1, -0.05) is 32.9 Å². The maximum Gasteiger partial charge on any atom is 0.252 e. The predicted molar refractivity (Wildman–Crippen MR) is 136 cm³/mol. The number of carbonyl (C=O) groups excluding carboxylic acids is 3. The Morgan fingerprint density at radius 2 is 1.66 bits per heavy atom. The first-order valence-corrected chi connectivity index (χ1v) is 13.1. The number of carbonyl (C=O) groups is 3. The molecule has 1 aliphatic rings. The van der Waals surface area contributed by atoms with Crippen LogP contribution in [0.3, 0.4) is 0 Å². The number of amides is 3. The molecule has 2 aromatic rings. The third-order valence-electron chi connectivity index (χ3n) is 6.42. The molecule has 1 unspecified atom stereocenters. The highest BCUT2D eigenvalue weighted by molar-refractivity contribution is 7.89. The van der Waals surface area contributed by atoms with Crippen LogP contribution in [0.1, 0.15) is 65.9 Å². The molecule has 0 radical (unpaired) electrons. The summed E-state index contributed by atoms with van der Waals surface area (Å²) in [5.41, 5.74) is 1.02. The van der Waals surface area contributed by atoms with Gasteiger partial charge in [0.2, 0.25) is 21.8 Å². The maximum absolute atomic E-state index is 13.8. The van der Waals surface area contributed by atoms with Gasteiger partial charge < -0.3 is 5.32 Å². The zero-order valence-corrected chi connectivity index (χ0v) is 21.8. The summed E-state index contributed by atoms with van der Waals surface area (Å²) in [5, 5.41) is 2.60. The Balaban J connectivity index is 2.01. The zero-order chi connectivity index (χ0) is 26.1. The van der Waals surface area contributed by atoms with E-state index in [2.05, 4.69) is 19.2 Å². The smallest absolute Gasteiger partial charge is 0.252 e. The molecule has 0 saturated carbocycles. The Labute approximate surface area is 207 Å². The molecule has 8 nitrogen and oxygen atoms in total. The minimum atomic E-state index is -4.16. The number of sulfonamides is 1. The molecule has 1 heterocycles. The summed E-state index contributed by atoms with van der Waals surface area (Å²) in [7, 11) is -4.16. The van der Waals surface area contributed by atoms with Crippen molar-refractivity contribution in [3.63, 3.8) is 0 Å². The normalized spacial score (nSPS) is 16.9. The fraction of sp³-hybridized carbons (Fsp3) is 0.423. The number of benzene rings is 2. The Morgan fingerprint density at radius 1 is 1.09 bits per heavy atom. The average molecular weight is 500 g/mol. The van der Waals surface area contributed by atoms with Crippen LogP contribution in [0.2, 0.25) is 0 Å². The molecule has 35 heavy (non-hydrogen) atoms. The molecule has 1 aliphatic heterocycles. The summed E-state index contributed by atoms with van der Waals surface area (Å²) >= 11 is 0. The van der Waals surface area contributed by atoms with E-state index in [4.69, 9.17) is 0 Å². The molecule has 3 rings (SSSR count). The van der Waals surface area contributed by atoms with Gasteiger partial charge in [0.15, 0.2) is 0 Å². The van der Waals surface area contributed by atoms with Crippen LogP contribution >= 0.6 is 0 Å². The zero-order valence-electron chi connectivity index (χ0n) is 21.0. The van der Waals surface area contributed by atoms with Gasteiger partial charge in [0.1, 0.15) is 6.04 Å². The van der Waals surface area contributed by atoms with Crippen molar-refractivity contribution in [2.24, 2.45) is 0 Å². The van der Waals surface area contributed by atoms with Gasteiger partial charge in [0.05, 0.1) is 17.0 Å². The van der Waals surface area contributed by atoms with Crippen LogP contribution in [0.15, 0.2) is 53.4 Å². The average Bonchev–Trinajstić information content (AvgIpc) is 3.06. The largest absolute Gasteiger partial charge is 0.326 e. The van der Waals surface area contributed by atoms with Crippen LogP contribution < -0.4 is 10.2 Å². The number of nitrogens with zero attached hydrogens (tertiary/aromatic N) is 2. The van der Waals surface area contributed by atoms with E-state index in [0.29, 0.717) is 23.7 Å². The molecular weight excluding hydrogens is 466 g/mol. The van der Waals surface area contributed by atoms with Gasteiger partial charge >= 0.3 is 0 Å². The third kappa shape index (κ3) is 5.31. The molecular formula is C26H33N3O5S. The van der Waals surface area contributed by atoms with E-state index in [1.165, 1.54) is 35.5 Å². The lowest BCUT2D eigenvalue weighted by Gasteiger charge is -2.39. The topological polar surface area (TPSA) is 104 Å². The standard InChI is InChI=1S/C26H33N3O5S/c1-7-26(5,6)29(35(33,34)22-14-10-20(11-15-22)27-18(4)30)23-16-24(31)28(25(23)32)21-12-8-19(9-13-21)17(2)3/h8-15,17,23H,7,16H2,1-6H3,(H,27,30). The minimum absolute atomic E-state index is 0.0203. The molecule has 0 aromatic heterocycles. The highest BCUT2D eigenvalue weighted by Gasteiger charge is 2.51. The van der Waals surface area contributed by atoms with Crippen molar-refractivity contribution >= 4 is 39.1 Å². The molecule has 1 fully saturated rings. The van der Waals surface area contributed by atoms with Gasteiger partial charge in [-0.25, -0.2) is 13.3 Å². The Morgan fingerprint density at radius 3 is 2.14 bits per heavy atom. The first kappa shape index (κ1) is 26.6. The lowest BCUT2D eigenvalue weighted by molar-refractivity contribution is -0.123.